The van der Waals surface area contributed by atoms with Gasteiger partial charge in [-0.1, -0.05) is 23.0 Å². The van der Waals surface area contributed by atoms with Crippen LogP contribution in [0.4, 0.5) is 4.39 Å². The first-order valence-electron chi connectivity index (χ1n) is 7.49. The molecule has 0 atom stereocenters. The zero-order valence-electron chi connectivity index (χ0n) is 13.7. The van der Waals surface area contributed by atoms with Gasteiger partial charge in [0.25, 0.3) is 0 Å². The van der Waals surface area contributed by atoms with Gasteiger partial charge >= 0.3 is 5.82 Å². The molecule has 0 fully saturated rings. The summed E-state index contributed by atoms with van der Waals surface area (Å²) in [5, 5.41) is 11.0. The molecule has 7 nitrogen and oxygen atoms in total. The number of nitrogens with zero attached hydrogens (tertiary/aromatic N) is 3. The summed E-state index contributed by atoms with van der Waals surface area (Å²) in [5.74, 6) is 0.0770. The first kappa shape index (κ1) is 17.2. The van der Waals surface area contributed by atoms with Crippen LogP contribution in [0, 0.1) is 5.82 Å². The van der Waals surface area contributed by atoms with Crippen molar-refractivity contribution in [3.8, 4) is 11.4 Å². The Bertz CT molecular complexity index is 1000. The van der Waals surface area contributed by atoms with Gasteiger partial charge in [-0.3, -0.25) is 0 Å². The van der Waals surface area contributed by atoms with Crippen LogP contribution in [0.2, 0.25) is 0 Å². The highest BCUT2D eigenvalue weighted by Crippen LogP contribution is 2.25. The molecule has 0 saturated heterocycles. The Morgan fingerprint density at radius 3 is 2.52 bits per heavy atom. The van der Waals surface area contributed by atoms with Crippen LogP contribution in [0.25, 0.3) is 11.4 Å². The molecule has 0 amide bonds. The van der Waals surface area contributed by atoms with Crippen LogP contribution in [-0.2, 0) is 23.5 Å². The number of H-pyrrole nitrogens is 1. The van der Waals surface area contributed by atoms with Gasteiger partial charge < -0.3 is 0 Å². The Balaban J connectivity index is 2.09. The topological polar surface area (TPSA) is 91.6 Å². The number of sulfonamides is 1. The summed E-state index contributed by atoms with van der Waals surface area (Å²) in [4.78, 5) is 1.55. The van der Waals surface area contributed by atoms with Gasteiger partial charge in [0.1, 0.15) is 12.9 Å². The van der Waals surface area contributed by atoms with Crippen LogP contribution in [0.15, 0.2) is 47.4 Å². The van der Waals surface area contributed by atoms with Crippen molar-refractivity contribution in [2.45, 2.75) is 11.3 Å². The highest BCUT2D eigenvalue weighted by molar-refractivity contribution is 7.89. The average Bonchev–Trinajstić information content (AvgIpc) is 3.03. The molecule has 0 saturated carbocycles. The minimum atomic E-state index is -3.59. The predicted molar refractivity (Wildman–Crippen MR) is 88.4 cm³/mol. The van der Waals surface area contributed by atoms with E-state index >= 15 is 0 Å². The lowest BCUT2D eigenvalue weighted by atomic mass is 9.99. The minimum Gasteiger partial charge on any atom is -0.214 e. The van der Waals surface area contributed by atoms with E-state index in [-0.39, 0.29) is 10.7 Å². The maximum absolute atomic E-state index is 13.1. The van der Waals surface area contributed by atoms with Gasteiger partial charge in [0, 0.05) is 0 Å². The number of rotatable bonds is 5. The van der Waals surface area contributed by atoms with E-state index in [1.165, 1.54) is 36.1 Å². The van der Waals surface area contributed by atoms with Crippen molar-refractivity contribution in [1.82, 2.24) is 20.1 Å². The van der Waals surface area contributed by atoms with E-state index in [0.717, 1.165) is 11.1 Å². The number of aromatic amines is 1. The Kier molecular flexibility index (Phi) is 4.60. The van der Waals surface area contributed by atoms with E-state index in [1.54, 1.807) is 25.2 Å². The molecule has 0 spiro atoms. The summed E-state index contributed by atoms with van der Waals surface area (Å²) >= 11 is 0. The van der Waals surface area contributed by atoms with Gasteiger partial charge in [-0.2, -0.15) is 0 Å². The highest BCUT2D eigenvalue weighted by atomic mass is 32.2. The van der Waals surface area contributed by atoms with Crippen molar-refractivity contribution >= 4 is 10.0 Å². The third kappa shape index (κ3) is 3.72. The summed E-state index contributed by atoms with van der Waals surface area (Å²) in [5.41, 5.74) is 2.32. The van der Waals surface area contributed by atoms with Crippen molar-refractivity contribution in [3.05, 3.63) is 59.4 Å². The number of nitrogens with one attached hydrogen (secondary N) is 2. The lowest BCUT2D eigenvalue weighted by Crippen LogP contribution is -2.33. The monoisotopic (exact) mass is 362 g/mol. The molecule has 2 N–H and O–H groups in total. The quantitative estimate of drug-likeness (QED) is 0.661. The number of hydrogen-bond acceptors (Lipinski definition) is 4. The molecule has 0 aliphatic carbocycles. The smallest absolute Gasteiger partial charge is 0.214 e. The molecule has 0 aliphatic heterocycles. The lowest BCUT2D eigenvalue weighted by molar-refractivity contribution is -0.783. The van der Waals surface area contributed by atoms with E-state index in [0.29, 0.717) is 17.8 Å². The fourth-order valence-electron chi connectivity index (χ4n) is 2.45. The summed E-state index contributed by atoms with van der Waals surface area (Å²) in [6, 6.07) is 10.9. The van der Waals surface area contributed by atoms with Crippen molar-refractivity contribution in [1.29, 1.82) is 0 Å². The molecule has 1 heterocycles. The van der Waals surface area contributed by atoms with Crippen LogP contribution in [0.5, 0.6) is 0 Å². The molecule has 2 aromatic carbocycles. The van der Waals surface area contributed by atoms with Gasteiger partial charge in [-0.25, -0.2) is 17.5 Å². The van der Waals surface area contributed by atoms with Crippen LogP contribution < -0.4 is 9.52 Å². The number of aryl methyl sites for hydroxylation is 1. The fraction of sp³-hybridized carbons (Fsp3) is 0.188. The first-order chi connectivity index (χ1) is 11.9. The SMILES string of the molecule is CNS(=O)(=O)c1ccc(Cc2ccc(F)cc2)c(-c2n[nH][n+](C)n2)c1. The number of aromatic nitrogens is 4. The third-order valence-corrected chi connectivity index (χ3v) is 5.17. The summed E-state index contributed by atoms with van der Waals surface area (Å²) in [6.45, 7) is 0. The fourth-order valence-corrected chi connectivity index (χ4v) is 3.20. The lowest BCUT2D eigenvalue weighted by Gasteiger charge is -2.09. The largest absolute Gasteiger partial charge is 0.339 e. The highest BCUT2D eigenvalue weighted by Gasteiger charge is 2.21. The average molecular weight is 362 g/mol. The molecule has 0 bridgehead atoms. The molecule has 0 aliphatic rings. The Morgan fingerprint density at radius 1 is 1.20 bits per heavy atom. The van der Waals surface area contributed by atoms with E-state index in [4.69, 9.17) is 0 Å². The zero-order chi connectivity index (χ0) is 18.0. The molecule has 130 valence electrons. The van der Waals surface area contributed by atoms with Crippen molar-refractivity contribution in [2.24, 2.45) is 7.05 Å². The van der Waals surface area contributed by atoms with E-state index < -0.39 is 10.0 Å². The van der Waals surface area contributed by atoms with Gasteiger partial charge in [0.2, 0.25) is 10.0 Å². The third-order valence-electron chi connectivity index (χ3n) is 3.75. The normalized spacial score (nSPS) is 11.6. The predicted octanol–water partition coefficient (Wildman–Crippen LogP) is 0.934. The van der Waals surface area contributed by atoms with Crippen LogP contribution >= 0.6 is 0 Å². The van der Waals surface area contributed by atoms with Crippen LogP contribution in [0.3, 0.4) is 0 Å². The number of halogens is 1. The van der Waals surface area contributed by atoms with Crippen LogP contribution in [-0.4, -0.2) is 30.9 Å². The van der Waals surface area contributed by atoms with Crippen molar-refractivity contribution in [2.75, 3.05) is 7.05 Å². The molecule has 0 unspecified atom stereocenters. The summed E-state index contributed by atoms with van der Waals surface area (Å²) in [6.07, 6.45) is 0.494. The Morgan fingerprint density at radius 2 is 1.92 bits per heavy atom. The van der Waals surface area contributed by atoms with Gasteiger partial charge in [-0.05, 0) is 59.2 Å². The Labute approximate surface area is 144 Å². The second kappa shape index (κ2) is 6.69. The maximum Gasteiger partial charge on any atom is 0.339 e. The summed E-state index contributed by atoms with van der Waals surface area (Å²) in [7, 11) is -0.549. The van der Waals surface area contributed by atoms with E-state index in [2.05, 4.69) is 20.1 Å². The molecule has 25 heavy (non-hydrogen) atoms. The molecule has 0 radical (unpaired) electrons. The van der Waals surface area contributed by atoms with Crippen molar-refractivity contribution in [3.63, 3.8) is 0 Å². The summed E-state index contributed by atoms with van der Waals surface area (Å²) < 4.78 is 39.6. The number of tetrazole rings is 1. The van der Waals surface area contributed by atoms with E-state index in [1.807, 2.05) is 0 Å². The molecule has 1 aromatic heterocycles. The Hall–Kier alpha value is -2.65. The maximum atomic E-state index is 13.1. The molecule has 9 heteroatoms. The van der Waals surface area contributed by atoms with E-state index in [9.17, 15) is 12.8 Å². The van der Waals surface area contributed by atoms with Gasteiger partial charge in [0.05, 0.1) is 15.6 Å². The molecular formula is C16H17FN5O2S+. The van der Waals surface area contributed by atoms with Gasteiger partial charge in [-0.15, -0.1) is 0 Å². The standard InChI is InChI=1S/C16H16FN5O2S/c1-18-25(23,24)14-8-5-12(9-11-3-6-13(17)7-4-11)15(10-14)16-19-21-22(2)20-16/h3-8,10,18H,9H2,1-2H3/p+1. The van der Waals surface area contributed by atoms with Crippen LogP contribution in [0.1, 0.15) is 11.1 Å². The second-order valence-electron chi connectivity index (χ2n) is 5.49. The number of benzene rings is 2. The second-order valence-corrected chi connectivity index (χ2v) is 7.38. The van der Waals surface area contributed by atoms with Gasteiger partial charge in [0.15, 0.2) is 0 Å². The number of hydrogen-bond donors (Lipinski definition) is 2. The zero-order valence-corrected chi connectivity index (χ0v) is 14.5. The molecular weight excluding hydrogens is 345 g/mol. The molecule has 3 aromatic rings. The van der Waals surface area contributed by atoms with Crippen molar-refractivity contribution < 1.29 is 17.6 Å². The minimum absolute atomic E-state index is 0.125. The molecule has 3 rings (SSSR count). The first-order valence-corrected chi connectivity index (χ1v) is 8.97.